The molecule has 0 saturated carbocycles. The van der Waals surface area contributed by atoms with Crippen molar-refractivity contribution in [2.45, 2.75) is 40.5 Å². The Morgan fingerprint density at radius 3 is 2.82 bits per heavy atom. The van der Waals surface area contributed by atoms with Crippen molar-refractivity contribution in [3.8, 4) is 11.6 Å². The number of aromatic amines is 1. The minimum absolute atomic E-state index is 0.0230. The van der Waals surface area contributed by atoms with E-state index in [0.29, 0.717) is 35.7 Å². The second-order valence-electron chi connectivity index (χ2n) is 7.05. The van der Waals surface area contributed by atoms with Gasteiger partial charge in [-0.15, -0.1) is 0 Å². The van der Waals surface area contributed by atoms with E-state index in [-0.39, 0.29) is 11.3 Å². The summed E-state index contributed by atoms with van der Waals surface area (Å²) in [7, 11) is 0. The number of aromatic nitrogens is 4. The summed E-state index contributed by atoms with van der Waals surface area (Å²) in [6, 6.07) is 0. The second-order valence-corrected chi connectivity index (χ2v) is 7.05. The van der Waals surface area contributed by atoms with Crippen molar-refractivity contribution in [3.63, 3.8) is 0 Å². The third-order valence-electron chi connectivity index (χ3n) is 3.64. The average molecular weight is 303 g/mol. The van der Waals surface area contributed by atoms with Crippen molar-refractivity contribution in [1.82, 2.24) is 25.4 Å². The number of rotatable bonds is 3. The first-order chi connectivity index (χ1) is 10.3. The van der Waals surface area contributed by atoms with Crippen LogP contribution in [0.1, 0.15) is 49.8 Å². The van der Waals surface area contributed by atoms with Crippen molar-refractivity contribution < 1.29 is 9.32 Å². The first-order valence-electron chi connectivity index (χ1n) is 7.54. The van der Waals surface area contributed by atoms with E-state index in [9.17, 15) is 4.79 Å². The standard InChI is InChI=1S/C15H21N5O2/c1-8(2)5-10-18-13(20-22-10)12-17-9-6-15(3,4)7-16-14(21)11(9)19-12/h8H,5-7H2,1-4H3,(H,16,21)(H,17,19). The maximum absolute atomic E-state index is 12.1. The van der Waals surface area contributed by atoms with Gasteiger partial charge in [0.15, 0.2) is 5.82 Å². The molecule has 0 aromatic carbocycles. The highest BCUT2D eigenvalue weighted by Crippen LogP contribution is 2.27. The van der Waals surface area contributed by atoms with Crippen LogP contribution < -0.4 is 5.32 Å². The zero-order valence-corrected chi connectivity index (χ0v) is 13.4. The molecule has 7 heteroatoms. The Morgan fingerprint density at radius 2 is 2.09 bits per heavy atom. The van der Waals surface area contributed by atoms with Crippen molar-refractivity contribution in [3.05, 3.63) is 17.3 Å². The van der Waals surface area contributed by atoms with Gasteiger partial charge >= 0.3 is 0 Å². The zero-order chi connectivity index (χ0) is 15.9. The van der Waals surface area contributed by atoms with Crippen LogP contribution in [-0.4, -0.2) is 32.6 Å². The molecule has 2 aromatic rings. The summed E-state index contributed by atoms with van der Waals surface area (Å²) in [5, 5.41) is 6.86. The summed E-state index contributed by atoms with van der Waals surface area (Å²) in [6.45, 7) is 9.03. The number of carbonyl (C=O) groups excluding carboxylic acids is 1. The minimum Gasteiger partial charge on any atom is -0.350 e. The SMILES string of the molecule is CC(C)Cc1nc(-c2nc3c([nH]2)CC(C)(C)CNC3=O)no1. The first-order valence-corrected chi connectivity index (χ1v) is 7.54. The predicted molar refractivity (Wildman–Crippen MR) is 80.2 cm³/mol. The lowest BCUT2D eigenvalue weighted by Crippen LogP contribution is -2.32. The number of amides is 1. The summed E-state index contributed by atoms with van der Waals surface area (Å²) in [5.74, 6) is 1.74. The van der Waals surface area contributed by atoms with Gasteiger partial charge < -0.3 is 14.8 Å². The molecule has 1 aliphatic heterocycles. The fourth-order valence-corrected chi connectivity index (χ4v) is 2.56. The minimum atomic E-state index is -0.158. The molecule has 0 atom stereocenters. The molecule has 0 fully saturated rings. The molecule has 3 rings (SSSR count). The molecular formula is C15H21N5O2. The second kappa shape index (κ2) is 5.23. The maximum Gasteiger partial charge on any atom is 0.271 e. The number of fused-ring (bicyclic) bond motifs is 1. The highest BCUT2D eigenvalue weighted by atomic mass is 16.5. The molecule has 0 unspecified atom stereocenters. The monoisotopic (exact) mass is 303 g/mol. The van der Waals surface area contributed by atoms with Crippen LogP contribution in [-0.2, 0) is 12.8 Å². The molecule has 118 valence electrons. The van der Waals surface area contributed by atoms with E-state index < -0.39 is 0 Å². The number of hydrogen-bond donors (Lipinski definition) is 2. The lowest BCUT2D eigenvalue weighted by molar-refractivity contribution is 0.0940. The maximum atomic E-state index is 12.1. The summed E-state index contributed by atoms with van der Waals surface area (Å²) in [5.41, 5.74) is 1.23. The lowest BCUT2D eigenvalue weighted by atomic mass is 9.88. The zero-order valence-electron chi connectivity index (χ0n) is 13.4. The van der Waals surface area contributed by atoms with Crippen molar-refractivity contribution >= 4 is 5.91 Å². The molecule has 7 nitrogen and oxygen atoms in total. The number of hydrogen-bond acceptors (Lipinski definition) is 5. The molecule has 1 amide bonds. The van der Waals surface area contributed by atoms with Crippen LogP contribution in [0.3, 0.4) is 0 Å². The summed E-state index contributed by atoms with van der Waals surface area (Å²) in [4.78, 5) is 24.0. The first kappa shape index (κ1) is 14.7. The molecule has 2 aromatic heterocycles. The Balaban J connectivity index is 1.92. The Kier molecular flexibility index (Phi) is 3.50. The predicted octanol–water partition coefficient (Wildman–Crippen LogP) is 1.97. The number of nitrogens with zero attached hydrogens (tertiary/aromatic N) is 3. The number of carbonyl (C=O) groups is 1. The van der Waals surface area contributed by atoms with Gasteiger partial charge in [-0.1, -0.05) is 32.9 Å². The van der Waals surface area contributed by atoms with Gasteiger partial charge in [0, 0.05) is 18.7 Å². The van der Waals surface area contributed by atoms with Crippen molar-refractivity contribution in [2.24, 2.45) is 11.3 Å². The Bertz CT molecular complexity index is 699. The highest BCUT2D eigenvalue weighted by molar-refractivity contribution is 5.94. The topological polar surface area (TPSA) is 96.7 Å². The van der Waals surface area contributed by atoms with Crippen LogP contribution in [0.2, 0.25) is 0 Å². The van der Waals surface area contributed by atoms with E-state index in [0.717, 1.165) is 18.5 Å². The Hall–Kier alpha value is -2.18. The normalized spacial score (nSPS) is 17.2. The van der Waals surface area contributed by atoms with Crippen LogP contribution in [0.25, 0.3) is 11.6 Å². The molecule has 1 aliphatic rings. The Morgan fingerprint density at radius 1 is 1.32 bits per heavy atom. The quantitative estimate of drug-likeness (QED) is 0.903. The van der Waals surface area contributed by atoms with Gasteiger partial charge in [0.1, 0.15) is 5.69 Å². The van der Waals surface area contributed by atoms with E-state index in [1.165, 1.54) is 0 Å². The number of H-pyrrole nitrogens is 1. The van der Waals surface area contributed by atoms with Gasteiger partial charge in [0.25, 0.3) is 5.91 Å². The average Bonchev–Trinajstić information content (AvgIpc) is 2.99. The van der Waals surface area contributed by atoms with E-state index >= 15 is 0 Å². The van der Waals surface area contributed by atoms with Gasteiger partial charge in [-0.3, -0.25) is 4.79 Å². The molecular weight excluding hydrogens is 282 g/mol. The van der Waals surface area contributed by atoms with Crippen molar-refractivity contribution in [2.75, 3.05) is 6.54 Å². The van der Waals surface area contributed by atoms with E-state index in [2.05, 4.69) is 53.1 Å². The fraction of sp³-hybridized carbons (Fsp3) is 0.600. The highest BCUT2D eigenvalue weighted by Gasteiger charge is 2.30. The van der Waals surface area contributed by atoms with Crippen LogP contribution in [0.5, 0.6) is 0 Å². The fourth-order valence-electron chi connectivity index (χ4n) is 2.56. The summed E-state index contributed by atoms with van der Waals surface area (Å²) >= 11 is 0. The Labute approximate surface area is 128 Å². The molecule has 0 saturated heterocycles. The van der Waals surface area contributed by atoms with Crippen LogP contribution in [0, 0.1) is 11.3 Å². The van der Waals surface area contributed by atoms with Gasteiger partial charge in [-0.05, 0) is 17.8 Å². The summed E-state index contributed by atoms with van der Waals surface area (Å²) in [6.07, 6.45) is 1.46. The van der Waals surface area contributed by atoms with Crippen LogP contribution in [0.4, 0.5) is 0 Å². The third-order valence-corrected chi connectivity index (χ3v) is 3.64. The van der Waals surface area contributed by atoms with E-state index in [1.54, 1.807) is 0 Å². The lowest BCUT2D eigenvalue weighted by Gasteiger charge is -2.21. The van der Waals surface area contributed by atoms with Gasteiger partial charge in [-0.25, -0.2) is 4.98 Å². The molecule has 3 heterocycles. The van der Waals surface area contributed by atoms with Gasteiger partial charge in [0.05, 0.1) is 0 Å². The molecule has 2 N–H and O–H groups in total. The molecule has 0 bridgehead atoms. The molecule has 0 radical (unpaired) electrons. The molecule has 22 heavy (non-hydrogen) atoms. The van der Waals surface area contributed by atoms with Gasteiger partial charge in [0.2, 0.25) is 11.7 Å². The van der Waals surface area contributed by atoms with E-state index in [1.807, 2.05) is 0 Å². The van der Waals surface area contributed by atoms with Crippen LogP contribution in [0.15, 0.2) is 4.52 Å². The number of imidazole rings is 1. The third kappa shape index (κ3) is 2.88. The molecule has 0 spiro atoms. The molecule has 0 aliphatic carbocycles. The van der Waals surface area contributed by atoms with Crippen LogP contribution >= 0.6 is 0 Å². The van der Waals surface area contributed by atoms with E-state index in [4.69, 9.17) is 4.52 Å². The smallest absolute Gasteiger partial charge is 0.271 e. The van der Waals surface area contributed by atoms with Crippen molar-refractivity contribution in [1.29, 1.82) is 0 Å². The number of nitrogens with one attached hydrogen (secondary N) is 2. The van der Waals surface area contributed by atoms with Gasteiger partial charge in [-0.2, -0.15) is 4.98 Å². The summed E-state index contributed by atoms with van der Waals surface area (Å²) < 4.78 is 5.23. The largest absolute Gasteiger partial charge is 0.350 e.